The van der Waals surface area contributed by atoms with Gasteiger partial charge >= 0.3 is 5.69 Å². The number of fused-ring (bicyclic) bond motifs is 1. The Morgan fingerprint density at radius 1 is 1.43 bits per heavy atom. The summed E-state index contributed by atoms with van der Waals surface area (Å²) in [6, 6.07) is 3.05. The van der Waals surface area contributed by atoms with Crippen molar-refractivity contribution in [2.24, 2.45) is 0 Å². The van der Waals surface area contributed by atoms with Gasteiger partial charge in [-0.2, -0.15) is 0 Å². The van der Waals surface area contributed by atoms with Crippen LogP contribution in [0.4, 0.5) is 5.69 Å². The van der Waals surface area contributed by atoms with Crippen LogP contribution in [0.1, 0.15) is 0 Å². The second kappa shape index (κ2) is 3.34. The largest absolute Gasteiger partial charge is 0.307 e. The summed E-state index contributed by atoms with van der Waals surface area (Å²) in [5.74, 6) is 0. The van der Waals surface area contributed by atoms with Gasteiger partial charge in [0.2, 0.25) is 0 Å². The van der Waals surface area contributed by atoms with Gasteiger partial charge in [-0.05, 0) is 12.1 Å². The molecule has 0 unspecified atom stereocenters. The van der Waals surface area contributed by atoms with Crippen LogP contribution in [-0.4, -0.2) is 9.91 Å². The number of benzene rings is 1. The molecule has 0 saturated heterocycles. The first-order chi connectivity index (χ1) is 6.59. The average molecular weight is 249 g/mol. The SMILES string of the molecule is O=[N+]([O-])c1c(Cl)ccc2nc(Cl)sc12. The standard InChI is InChI=1S/C7H2Cl2N2O2S/c8-3-1-2-4-6(5(3)11(12)13)14-7(9)10-4/h1-2H. The molecule has 0 saturated carbocycles. The van der Waals surface area contributed by atoms with E-state index in [4.69, 9.17) is 23.2 Å². The van der Waals surface area contributed by atoms with Crippen molar-refractivity contribution in [1.82, 2.24) is 4.98 Å². The van der Waals surface area contributed by atoms with Gasteiger partial charge in [-0.25, -0.2) is 4.98 Å². The third kappa shape index (κ3) is 1.43. The van der Waals surface area contributed by atoms with Crippen LogP contribution in [0, 0.1) is 10.1 Å². The van der Waals surface area contributed by atoms with Crippen LogP contribution in [0.2, 0.25) is 9.49 Å². The van der Waals surface area contributed by atoms with E-state index in [0.717, 1.165) is 11.3 Å². The normalized spacial score (nSPS) is 10.7. The van der Waals surface area contributed by atoms with Crippen LogP contribution in [0.25, 0.3) is 10.2 Å². The fourth-order valence-electron chi connectivity index (χ4n) is 1.10. The molecule has 14 heavy (non-hydrogen) atoms. The van der Waals surface area contributed by atoms with Gasteiger partial charge in [-0.1, -0.05) is 34.5 Å². The lowest BCUT2D eigenvalue weighted by atomic mass is 10.3. The highest BCUT2D eigenvalue weighted by molar-refractivity contribution is 7.22. The summed E-state index contributed by atoms with van der Waals surface area (Å²) in [6.07, 6.45) is 0. The zero-order chi connectivity index (χ0) is 10.3. The predicted octanol–water partition coefficient (Wildman–Crippen LogP) is 3.51. The Kier molecular flexibility index (Phi) is 2.30. The molecule has 1 aromatic heterocycles. The first kappa shape index (κ1) is 9.64. The minimum absolute atomic E-state index is 0.0998. The fourth-order valence-corrected chi connectivity index (χ4v) is 2.51. The van der Waals surface area contributed by atoms with Crippen LogP contribution in [0.3, 0.4) is 0 Å². The summed E-state index contributed by atoms with van der Waals surface area (Å²) >= 11 is 12.4. The van der Waals surface area contributed by atoms with Gasteiger partial charge < -0.3 is 0 Å². The van der Waals surface area contributed by atoms with Crippen molar-refractivity contribution in [3.63, 3.8) is 0 Å². The van der Waals surface area contributed by atoms with Crippen LogP contribution in [0.15, 0.2) is 12.1 Å². The van der Waals surface area contributed by atoms with Crippen LogP contribution >= 0.6 is 34.5 Å². The molecule has 2 rings (SSSR count). The van der Waals surface area contributed by atoms with E-state index >= 15 is 0 Å². The molecular weight excluding hydrogens is 247 g/mol. The Morgan fingerprint density at radius 2 is 2.14 bits per heavy atom. The van der Waals surface area contributed by atoms with Crippen molar-refractivity contribution in [1.29, 1.82) is 0 Å². The van der Waals surface area contributed by atoms with Crippen molar-refractivity contribution < 1.29 is 4.92 Å². The second-order valence-electron chi connectivity index (χ2n) is 2.47. The predicted molar refractivity (Wildman–Crippen MR) is 56.3 cm³/mol. The third-order valence-electron chi connectivity index (χ3n) is 1.64. The summed E-state index contributed by atoms with van der Waals surface area (Å²) in [5, 5.41) is 10.8. The molecule has 0 aliphatic carbocycles. The van der Waals surface area contributed by atoms with Gasteiger partial charge in [0.15, 0.2) is 4.47 Å². The molecule has 72 valence electrons. The molecule has 0 aliphatic rings. The molecule has 1 heterocycles. The minimum atomic E-state index is -0.529. The maximum absolute atomic E-state index is 10.7. The first-order valence-electron chi connectivity index (χ1n) is 3.48. The number of hydrogen-bond donors (Lipinski definition) is 0. The summed E-state index contributed by atoms with van der Waals surface area (Å²) in [7, 11) is 0. The molecule has 0 aliphatic heterocycles. The van der Waals surface area contributed by atoms with Gasteiger partial charge in [-0.3, -0.25) is 10.1 Å². The Labute approximate surface area is 92.2 Å². The third-order valence-corrected chi connectivity index (χ3v) is 3.13. The maximum atomic E-state index is 10.7. The number of thiazole rings is 1. The Morgan fingerprint density at radius 3 is 2.79 bits per heavy atom. The molecule has 0 radical (unpaired) electrons. The fraction of sp³-hybridized carbons (Fsp3) is 0. The maximum Gasteiger partial charge on any atom is 0.307 e. The Bertz CT molecular complexity index is 526. The number of halogens is 2. The molecular formula is C7H2Cl2N2O2S. The van der Waals surface area contributed by atoms with Crippen LogP contribution in [0.5, 0.6) is 0 Å². The molecule has 4 nitrogen and oxygen atoms in total. The molecule has 0 atom stereocenters. The Balaban J connectivity index is 2.88. The summed E-state index contributed by atoms with van der Waals surface area (Å²) in [6.45, 7) is 0. The first-order valence-corrected chi connectivity index (χ1v) is 5.06. The molecule has 0 fully saturated rings. The molecule has 0 amide bonds. The lowest BCUT2D eigenvalue weighted by molar-refractivity contribution is -0.382. The second-order valence-corrected chi connectivity index (χ2v) is 4.46. The minimum Gasteiger partial charge on any atom is -0.258 e. The van der Waals surface area contributed by atoms with E-state index in [0.29, 0.717) is 10.2 Å². The van der Waals surface area contributed by atoms with E-state index in [-0.39, 0.29) is 15.2 Å². The molecule has 2 aromatic rings. The molecule has 0 spiro atoms. The Hall–Kier alpha value is -0.910. The molecule has 0 bridgehead atoms. The smallest absolute Gasteiger partial charge is 0.258 e. The number of hydrogen-bond acceptors (Lipinski definition) is 4. The van der Waals surface area contributed by atoms with E-state index < -0.39 is 4.92 Å². The van der Waals surface area contributed by atoms with Gasteiger partial charge in [0.1, 0.15) is 9.72 Å². The number of nitro groups is 1. The topological polar surface area (TPSA) is 56.0 Å². The highest BCUT2D eigenvalue weighted by Crippen LogP contribution is 2.37. The lowest BCUT2D eigenvalue weighted by Gasteiger charge is -1.94. The summed E-state index contributed by atoms with van der Waals surface area (Å²) < 4.78 is 0.679. The molecule has 7 heteroatoms. The van der Waals surface area contributed by atoms with Gasteiger partial charge in [0.25, 0.3) is 0 Å². The number of nitro benzene ring substituents is 1. The van der Waals surface area contributed by atoms with E-state index in [1.54, 1.807) is 6.07 Å². The van der Waals surface area contributed by atoms with E-state index in [9.17, 15) is 10.1 Å². The van der Waals surface area contributed by atoms with Gasteiger partial charge in [0, 0.05) is 0 Å². The molecule has 0 N–H and O–H groups in total. The lowest BCUT2D eigenvalue weighted by Crippen LogP contribution is -1.88. The zero-order valence-electron chi connectivity index (χ0n) is 6.53. The highest BCUT2D eigenvalue weighted by Gasteiger charge is 2.20. The van der Waals surface area contributed by atoms with Gasteiger partial charge in [0.05, 0.1) is 10.4 Å². The van der Waals surface area contributed by atoms with E-state index in [2.05, 4.69) is 4.98 Å². The number of aromatic nitrogens is 1. The average Bonchev–Trinajstić information content (AvgIpc) is 2.43. The van der Waals surface area contributed by atoms with Crippen molar-refractivity contribution in [2.75, 3.05) is 0 Å². The molecule has 1 aromatic carbocycles. The van der Waals surface area contributed by atoms with Crippen LogP contribution in [-0.2, 0) is 0 Å². The van der Waals surface area contributed by atoms with E-state index in [1.165, 1.54) is 6.07 Å². The van der Waals surface area contributed by atoms with Crippen molar-refractivity contribution in [3.8, 4) is 0 Å². The van der Waals surface area contributed by atoms with Crippen molar-refractivity contribution in [3.05, 3.63) is 31.7 Å². The van der Waals surface area contributed by atoms with E-state index in [1.807, 2.05) is 0 Å². The number of nitrogens with zero attached hydrogens (tertiary/aromatic N) is 2. The number of rotatable bonds is 1. The highest BCUT2D eigenvalue weighted by atomic mass is 35.5. The summed E-state index contributed by atoms with van der Waals surface area (Å²) in [4.78, 5) is 14.1. The van der Waals surface area contributed by atoms with Gasteiger partial charge in [-0.15, -0.1) is 0 Å². The monoisotopic (exact) mass is 248 g/mol. The van der Waals surface area contributed by atoms with Crippen molar-refractivity contribution >= 4 is 50.4 Å². The quantitative estimate of drug-likeness (QED) is 0.573. The van der Waals surface area contributed by atoms with Crippen molar-refractivity contribution in [2.45, 2.75) is 0 Å². The zero-order valence-corrected chi connectivity index (χ0v) is 8.86. The van der Waals surface area contributed by atoms with Crippen LogP contribution < -0.4 is 0 Å². The summed E-state index contributed by atoms with van der Waals surface area (Å²) in [5.41, 5.74) is 0.365.